The Bertz CT molecular complexity index is 1260. The second kappa shape index (κ2) is 15.0. The van der Waals surface area contributed by atoms with Gasteiger partial charge in [0.15, 0.2) is 0 Å². The first-order chi connectivity index (χ1) is 19.7. The van der Waals surface area contributed by atoms with Crippen LogP contribution in [0.25, 0.3) is 33.8 Å². The topological polar surface area (TPSA) is 32.3 Å². The number of aromatic nitrogens is 2. The van der Waals surface area contributed by atoms with Crippen LogP contribution in [-0.4, -0.2) is 32.9 Å². The van der Waals surface area contributed by atoms with Gasteiger partial charge in [-0.2, -0.15) is 6.67 Å². The fourth-order valence-electron chi connectivity index (χ4n) is 3.88. The van der Waals surface area contributed by atoms with Crippen LogP contribution in [0.4, 0.5) is 25.2 Å². The molecule has 4 aromatic rings. The van der Waals surface area contributed by atoms with Gasteiger partial charge in [-0.1, -0.05) is 56.3 Å². The van der Waals surface area contributed by atoms with E-state index in [2.05, 4.69) is 78.0 Å². The molecule has 0 saturated carbocycles. The number of halogens is 6. The predicted octanol–water partition coefficient (Wildman–Crippen LogP) is 10.7. The zero-order valence-electron chi connectivity index (χ0n) is 23.5. The van der Waals surface area contributed by atoms with Gasteiger partial charge in [-0.3, -0.25) is 9.97 Å². The number of benzene rings is 2. The molecular formula is C31H32F6N4PPt+. The summed E-state index contributed by atoms with van der Waals surface area (Å²) in [4.78, 5) is 13.7. The molecule has 0 bridgehead atoms. The standard InChI is InChI=1S/C22H15N2.C9H17N2.F6P.Pt/c1-3-9-17(10-4-1)19-15-21(18-11-5-2-6-12-18)24-22(16-19)20-13-7-8-14-23-20;1-3-5-10-7-8-11(9-10)6-4-2;1-7(2,3,4,5)6;/h1-11,13-16H;7-9H,3-6H2,1-2H3;;/q3*-1;+4. The van der Waals surface area contributed by atoms with E-state index < -0.39 is 7.81 Å². The molecule has 0 unspecified atom stereocenters. The van der Waals surface area contributed by atoms with Crippen molar-refractivity contribution in [2.75, 3.05) is 13.1 Å². The monoisotopic (exact) mass is 800 g/mol. The van der Waals surface area contributed by atoms with E-state index in [9.17, 15) is 25.2 Å². The molecule has 0 N–H and O–H groups in total. The third-order valence-corrected chi connectivity index (χ3v) is 5.55. The Morgan fingerprint density at radius 2 is 1.26 bits per heavy atom. The molecule has 2 aromatic carbocycles. The molecule has 232 valence electrons. The van der Waals surface area contributed by atoms with Gasteiger partial charge in [-0.15, -0.1) is 35.9 Å². The maximum absolute atomic E-state index is 10.7. The summed E-state index contributed by atoms with van der Waals surface area (Å²) in [5.41, 5.74) is 5.90. The Hall–Kier alpha value is -3.22. The van der Waals surface area contributed by atoms with Crippen molar-refractivity contribution in [3.8, 4) is 33.8 Å². The second-order valence-corrected chi connectivity index (χ2v) is 11.2. The van der Waals surface area contributed by atoms with Crippen molar-refractivity contribution in [1.82, 2.24) is 19.8 Å². The van der Waals surface area contributed by atoms with Crippen LogP contribution >= 0.6 is 7.81 Å². The van der Waals surface area contributed by atoms with Crippen molar-refractivity contribution in [2.45, 2.75) is 26.7 Å². The molecule has 0 aliphatic carbocycles. The molecule has 4 nitrogen and oxygen atoms in total. The van der Waals surface area contributed by atoms with Crippen LogP contribution < -0.4 is 0 Å². The molecule has 0 amide bonds. The van der Waals surface area contributed by atoms with Gasteiger partial charge in [0, 0.05) is 6.20 Å². The van der Waals surface area contributed by atoms with Gasteiger partial charge in [-0.05, 0) is 73.4 Å². The average molecular weight is 801 g/mol. The largest absolute Gasteiger partial charge is 4.00 e. The fraction of sp³-hybridized carbons (Fsp3) is 0.194. The Morgan fingerprint density at radius 1 is 0.698 bits per heavy atom. The molecule has 5 rings (SSSR count). The van der Waals surface area contributed by atoms with Gasteiger partial charge in [-0.25, -0.2) is 0 Å². The molecule has 43 heavy (non-hydrogen) atoms. The molecule has 2 aromatic heterocycles. The van der Waals surface area contributed by atoms with Gasteiger partial charge in [0.2, 0.25) is 0 Å². The summed E-state index contributed by atoms with van der Waals surface area (Å²) < 4.78 is 59.2. The third kappa shape index (κ3) is 14.7. The second-order valence-electron chi connectivity index (χ2n) is 9.33. The van der Waals surface area contributed by atoms with Gasteiger partial charge >= 0.3 is 54.1 Å². The quantitative estimate of drug-likeness (QED) is 0.106. The molecule has 0 spiro atoms. The molecule has 0 radical (unpaired) electrons. The molecule has 1 aliphatic rings. The van der Waals surface area contributed by atoms with E-state index in [1.54, 1.807) is 6.20 Å². The summed E-state index contributed by atoms with van der Waals surface area (Å²) in [5, 5.41) is 0. The summed E-state index contributed by atoms with van der Waals surface area (Å²) in [6, 6.07) is 31.6. The number of hydrogen-bond acceptors (Lipinski definition) is 4. The van der Waals surface area contributed by atoms with E-state index in [0.29, 0.717) is 0 Å². The number of nitrogens with zero attached hydrogens (tertiary/aromatic N) is 4. The number of hydrogen-bond donors (Lipinski definition) is 0. The van der Waals surface area contributed by atoms with Gasteiger partial charge < -0.3 is 9.80 Å². The zero-order chi connectivity index (χ0) is 30.7. The third-order valence-electron chi connectivity index (χ3n) is 5.55. The van der Waals surface area contributed by atoms with Gasteiger partial charge in [0.1, 0.15) is 0 Å². The Balaban J connectivity index is 0.000000283. The molecule has 12 heteroatoms. The predicted molar refractivity (Wildman–Crippen MR) is 158 cm³/mol. The van der Waals surface area contributed by atoms with Crippen molar-refractivity contribution in [2.24, 2.45) is 0 Å². The number of pyridine rings is 2. The van der Waals surface area contributed by atoms with E-state index in [4.69, 9.17) is 4.98 Å². The Morgan fingerprint density at radius 3 is 1.77 bits per heavy atom. The van der Waals surface area contributed by atoms with E-state index in [1.807, 2.05) is 60.7 Å². The zero-order valence-corrected chi connectivity index (χ0v) is 26.7. The maximum atomic E-state index is 9.87. The minimum Gasteiger partial charge on any atom is -0.295 e. The SMILES string of the molecule is CCCN1C=CN(CCC)[CH-]1.F[P-](F)(F)(F)(F)F.[Pt+4].[c-]1ccccc1-c1cc(-c2ccccc2)cc(-c2ccccn2)n1. The van der Waals surface area contributed by atoms with Gasteiger partial charge in [0.05, 0.1) is 11.4 Å². The van der Waals surface area contributed by atoms with Crippen molar-refractivity contribution in [3.63, 3.8) is 0 Å². The van der Waals surface area contributed by atoms with Crippen LogP contribution in [0.15, 0.2) is 104 Å². The van der Waals surface area contributed by atoms with Gasteiger partial charge in [0.25, 0.3) is 0 Å². The number of rotatable bonds is 7. The summed E-state index contributed by atoms with van der Waals surface area (Å²) >= 11 is 0. The molecule has 0 atom stereocenters. The normalized spacial score (nSPS) is 13.9. The van der Waals surface area contributed by atoms with Crippen molar-refractivity contribution >= 4 is 7.81 Å². The van der Waals surface area contributed by atoms with E-state index in [0.717, 1.165) is 46.9 Å². The first kappa shape index (κ1) is 36.0. The summed E-state index contributed by atoms with van der Waals surface area (Å²) in [5.74, 6) is 0. The summed E-state index contributed by atoms with van der Waals surface area (Å²) in [7, 11) is -10.7. The first-order valence-corrected chi connectivity index (χ1v) is 15.3. The van der Waals surface area contributed by atoms with Crippen LogP contribution in [0.1, 0.15) is 26.7 Å². The van der Waals surface area contributed by atoms with Crippen LogP contribution in [0.2, 0.25) is 0 Å². The van der Waals surface area contributed by atoms with Crippen LogP contribution in [0, 0.1) is 12.7 Å². The Labute approximate surface area is 263 Å². The fourth-order valence-corrected chi connectivity index (χ4v) is 3.88. The van der Waals surface area contributed by atoms with Crippen LogP contribution in [-0.2, 0) is 21.1 Å². The van der Waals surface area contributed by atoms with E-state index >= 15 is 0 Å². The summed E-state index contributed by atoms with van der Waals surface area (Å²) in [6.45, 7) is 8.84. The molecule has 0 fully saturated rings. The van der Waals surface area contributed by atoms with Crippen LogP contribution in [0.5, 0.6) is 0 Å². The molecule has 3 heterocycles. The van der Waals surface area contributed by atoms with Crippen molar-refractivity contribution in [1.29, 1.82) is 0 Å². The Kier molecular flexibility index (Phi) is 12.5. The van der Waals surface area contributed by atoms with E-state index in [-0.39, 0.29) is 21.1 Å². The van der Waals surface area contributed by atoms with Crippen LogP contribution in [0.3, 0.4) is 0 Å². The molecular weight excluding hydrogens is 768 g/mol. The first-order valence-electron chi connectivity index (χ1n) is 13.3. The minimum atomic E-state index is -10.7. The van der Waals surface area contributed by atoms with Crippen molar-refractivity contribution in [3.05, 3.63) is 116 Å². The average Bonchev–Trinajstić information content (AvgIpc) is 3.40. The van der Waals surface area contributed by atoms with E-state index in [1.165, 1.54) is 12.8 Å². The molecule has 1 aliphatic heterocycles. The molecule has 0 saturated heterocycles. The van der Waals surface area contributed by atoms with Crippen molar-refractivity contribution < 1.29 is 46.2 Å². The minimum absolute atomic E-state index is 0. The maximum Gasteiger partial charge on any atom is 4.00 e. The smallest absolute Gasteiger partial charge is 0.295 e. The summed E-state index contributed by atoms with van der Waals surface area (Å²) in [6.07, 6.45) is 8.49.